The minimum absolute atomic E-state index is 0.0138. The summed E-state index contributed by atoms with van der Waals surface area (Å²) >= 11 is -0.227. The fraction of sp³-hybridized carbons (Fsp3) is 0.263. The number of amides is 2. The summed E-state index contributed by atoms with van der Waals surface area (Å²) in [5.74, 6) is -1.26. The second kappa shape index (κ2) is 7.26. The van der Waals surface area contributed by atoms with Crippen molar-refractivity contribution >= 4 is 29.3 Å². The quantitative estimate of drug-likeness (QED) is 0.790. The molecule has 1 aliphatic rings. The van der Waals surface area contributed by atoms with Crippen molar-refractivity contribution in [2.24, 2.45) is 5.73 Å². The van der Waals surface area contributed by atoms with Crippen molar-refractivity contribution in [1.29, 1.82) is 0 Å². The zero-order valence-corrected chi connectivity index (χ0v) is 15.2. The van der Waals surface area contributed by atoms with Crippen molar-refractivity contribution < 1.29 is 22.8 Å². The van der Waals surface area contributed by atoms with Crippen LogP contribution in [0, 0.1) is 0 Å². The highest BCUT2D eigenvalue weighted by atomic mass is 32.2. The number of hydrogen-bond donors (Lipinski definition) is 1. The van der Waals surface area contributed by atoms with Gasteiger partial charge in [0.15, 0.2) is 0 Å². The van der Waals surface area contributed by atoms with Crippen molar-refractivity contribution in [3.63, 3.8) is 0 Å². The molecule has 0 saturated heterocycles. The van der Waals surface area contributed by atoms with E-state index in [1.165, 1.54) is 24.3 Å². The van der Waals surface area contributed by atoms with Crippen molar-refractivity contribution in [3.8, 4) is 0 Å². The number of thioether (sulfide) groups is 1. The van der Waals surface area contributed by atoms with Crippen LogP contribution in [0.4, 0.5) is 18.9 Å². The first-order valence-electron chi connectivity index (χ1n) is 8.25. The Labute approximate surface area is 158 Å². The Balaban J connectivity index is 1.92. The summed E-state index contributed by atoms with van der Waals surface area (Å²) in [4.78, 5) is 26.4. The van der Waals surface area contributed by atoms with Gasteiger partial charge in [-0.25, -0.2) is 0 Å². The molecule has 1 aliphatic heterocycles. The number of anilines is 1. The third-order valence-electron chi connectivity index (χ3n) is 4.49. The molecule has 2 amide bonds. The second-order valence-corrected chi connectivity index (χ2v) is 7.48. The molecular weight excluding hydrogens is 377 g/mol. The number of nitrogens with zero attached hydrogens (tertiary/aromatic N) is 1. The van der Waals surface area contributed by atoms with Gasteiger partial charge >= 0.3 is 5.51 Å². The van der Waals surface area contributed by atoms with Gasteiger partial charge < -0.3 is 10.6 Å². The molecule has 2 N–H and O–H groups in total. The number of halogens is 3. The molecule has 2 unspecified atom stereocenters. The van der Waals surface area contributed by atoms with E-state index >= 15 is 0 Å². The van der Waals surface area contributed by atoms with Crippen LogP contribution in [-0.2, 0) is 4.79 Å². The van der Waals surface area contributed by atoms with Gasteiger partial charge in [0.25, 0.3) is 5.91 Å². The zero-order valence-electron chi connectivity index (χ0n) is 14.4. The van der Waals surface area contributed by atoms with Gasteiger partial charge in [-0.3, -0.25) is 9.59 Å². The Morgan fingerprint density at radius 1 is 1.11 bits per heavy atom. The summed E-state index contributed by atoms with van der Waals surface area (Å²) in [6.07, 6.45) is 0.389. The van der Waals surface area contributed by atoms with E-state index < -0.39 is 17.3 Å². The van der Waals surface area contributed by atoms with Gasteiger partial charge in [0.2, 0.25) is 5.91 Å². The molecule has 4 nitrogen and oxygen atoms in total. The normalized spacial score (nSPS) is 19.5. The third-order valence-corrected chi connectivity index (χ3v) is 5.23. The molecule has 142 valence electrons. The first kappa shape index (κ1) is 19.3. The minimum atomic E-state index is -4.38. The van der Waals surface area contributed by atoms with Crippen LogP contribution < -0.4 is 10.6 Å². The largest absolute Gasteiger partial charge is 0.446 e. The van der Waals surface area contributed by atoms with Crippen LogP contribution in [0.15, 0.2) is 53.4 Å². The average Bonchev–Trinajstić information content (AvgIpc) is 2.59. The number of nitrogens with two attached hydrogens (primary N) is 1. The van der Waals surface area contributed by atoms with Gasteiger partial charge in [-0.1, -0.05) is 18.2 Å². The number of hydrogen-bond acceptors (Lipinski definition) is 3. The molecule has 2 atom stereocenters. The highest BCUT2D eigenvalue weighted by molar-refractivity contribution is 8.00. The Hall–Kier alpha value is -2.48. The fourth-order valence-electron chi connectivity index (χ4n) is 3.33. The molecule has 0 aromatic heterocycles. The number of fused-ring (bicyclic) bond motifs is 1. The van der Waals surface area contributed by atoms with Crippen LogP contribution >= 0.6 is 11.8 Å². The van der Waals surface area contributed by atoms with E-state index in [4.69, 9.17) is 5.73 Å². The predicted molar refractivity (Wildman–Crippen MR) is 97.6 cm³/mol. The van der Waals surface area contributed by atoms with Gasteiger partial charge in [-0.15, -0.1) is 0 Å². The van der Waals surface area contributed by atoms with E-state index in [9.17, 15) is 22.8 Å². The fourth-order valence-corrected chi connectivity index (χ4v) is 3.87. The molecule has 0 aliphatic carbocycles. The maximum absolute atomic E-state index is 13.0. The summed E-state index contributed by atoms with van der Waals surface area (Å²) < 4.78 is 37.4. The topological polar surface area (TPSA) is 63.4 Å². The maximum Gasteiger partial charge on any atom is 0.446 e. The first-order valence-corrected chi connectivity index (χ1v) is 9.06. The molecule has 2 aromatic rings. The van der Waals surface area contributed by atoms with E-state index in [0.717, 1.165) is 0 Å². The van der Waals surface area contributed by atoms with Crippen LogP contribution in [-0.4, -0.2) is 23.4 Å². The van der Waals surface area contributed by atoms with E-state index in [1.807, 2.05) is 6.92 Å². The van der Waals surface area contributed by atoms with Crippen molar-refractivity contribution in [1.82, 2.24) is 0 Å². The van der Waals surface area contributed by atoms with Crippen LogP contribution in [0.5, 0.6) is 0 Å². The highest BCUT2D eigenvalue weighted by Gasteiger charge is 2.36. The molecular formula is C19H17F3N2O2S. The predicted octanol–water partition coefficient (Wildman–Crippen LogP) is 4.31. The third kappa shape index (κ3) is 4.10. The number of benzene rings is 2. The van der Waals surface area contributed by atoms with Crippen LogP contribution in [0.25, 0.3) is 0 Å². The molecule has 0 saturated carbocycles. The Kier molecular flexibility index (Phi) is 5.19. The lowest BCUT2D eigenvalue weighted by Crippen LogP contribution is -2.45. The van der Waals surface area contributed by atoms with E-state index in [2.05, 4.69) is 0 Å². The van der Waals surface area contributed by atoms with Gasteiger partial charge in [-0.2, -0.15) is 13.2 Å². The summed E-state index contributed by atoms with van der Waals surface area (Å²) in [6, 6.07) is 12.1. The molecule has 27 heavy (non-hydrogen) atoms. The lowest BCUT2D eigenvalue weighted by atomic mass is 9.85. The molecule has 0 spiro atoms. The summed E-state index contributed by atoms with van der Waals surface area (Å²) in [7, 11) is 0. The van der Waals surface area contributed by atoms with E-state index in [-0.39, 0.29) is 34.2 Å². The Morgan fingerprint density at radius 2 is 1.74 bits per heavy atom. The molecule has 3 rings (SSSR count). The first-order chi connectivity index (χ1) is 12.7. The highest BCUT2D eigenvalue weighted by Crippen LogP contribution is 2.40. The van der Waals surface area contributed by atoms with Crippen molar-refractivity contribution in [2.45, 2.75) is 35.7 Å². The zero-order chi connectivity index (χ0) is 19.8. The molecule has 2 aromatic carbocycles. The number of para-hydroxylation sites is 1. The number of primary amides is 1. The second-order valence-electron chi connectivity index (χ2n) is 6.35. The van der Waals surface area contributed by atoms with Crippen LogP contribution in [0.3, 0.4) is 0 Å². The van der Waals surface area contributed by atoms with Gasteiger partial charge in [-0.05, 0) is 61.0 Å². The molecule has 0 fully saturated rings. The summed E-state index contributed by atoms with van der Waals surface area (Å²) in [6.45, 7) is 1.82. The van der Waals surface area contributed by atoms with E-state index in [1.54, 1.807) is 29.2 Å². The minimum Gasteiger partial charge on any atom is -0.369 e. The number of alkyl halides is 3. The maximum atomic E-state index is 13.0. The van der Waals surface area contributed by atoms with E-state index in [0.29, 0.717) is 17.7 Å². The smallest absolute Gasteiger partial charge is 0.369 e. The molecule has 0 radical (unpaired) electrons. The summed E-state index contributed by atoms with van der Waals surface area (Å²) in [5, 5.41) is 0. The lowest BCUT2D eigenvalue weighted by molar-refractivity contribution is -0.119. The SMILES string of the molecule is CC1CC(C(N)=O)c2ccccc2N1C(=O)c1ccc(SC(F)(F)F)cc1. The van der Waals surface area contributed by atoms with Gasteiger partial charge in [0, 0.05) is 22.2 Å². The standard InChI is InChI=1S/C19H17F3N2O2S/c1-11-10-15(17(23)25)14-4-2-3-5-16(14)24(11)18(26)12-6-8-13(9-7-12)27-19(20,21)22/h2-9,11,15H,10H2,1H3,(H2,23,25). The molecule has 8 heteroatoms. The van der Waals surface area contributed by atoms with Crippen molar-refractivity contribution in [3.05, 3.63) is 59.7 Å². The van der Waals surface area contributed by atoms with Gasteiger partial charge in [0.1, 0.15) is 0 Å². The average molecular weight is 394 g/mol. The lowest BCUT2D eigenvalue weighted by Gasteiger charge is -2.38. The van der Waals surface area contributed by atoms with Gasteiger partial charge in [0.05, 0.1) is 5.92 Å². The monoisotopic (exact) mass is 394 g/mol. The Bertz CT molecular complexity index is 868. The molecule has 1 heterocycles. The number of rotatable bonds is 3. The number of carbonyl (C=O) groups excluding carboxylic acids is 2. The molecule has 0 bridgehead atoms. The van der Waals surface area contributed by atoms with Crippen molar-refractivity contribution in [2.75, 3.05) is 4.90 Å². The van der Waals surface area contributed by atoms with Crippen LogP contribution in [0.2, 0.25) is 0 Å². The van der Waals surface area contributed by atoms with Crippen LogP contribution in [0.1, 0.15) is 35.2 Å². The Morgan fingerprint density at radius 3 is 2.33 bits per heavy atom. The number of carbonyl (C=O) groups is 2. The summed E-state index contributed by atoms with van der Waals surface area (Å²) in [5.41, 5.74) is 2.68.